The summed E-state index contributed by atoms with van der Waals surface area (Å²) in [5.74, 6) is 0.576. The zero-order chi connectivity index (χ0) is 13.0. The van der Waals surface area contributed by atoms with Gasteiger partial charge >= 0.3 is 0 Å². The van der Waals surface area contributed by atoms with E-state index in [2.05, 4.69) is 34.6 Å². The van der Waals surface area contributed by atoms with Gasteiger partial charge in [-0.1, -0.05) is 6.92 Å². The maximum atomic E-state index is 5.99. The normalized spacial score (nSPS) is 25.5. The molecule has 1 aromatic rings. The second kappa shape index (κ2) is 6.34. The van der Waals surface area contributed by atoms with Crippen LogP contribution in [0.5, 0.6) is 0 Å². The minimum absolute atomic E-state index is 0.464. The minimum Gasteiger partial charge on any atom is -0.330 e. The third-order valence-electron chi connectivity index (χ3n) is 4.03. The molecule has 1 fully saturated rings. The summed E-state index contributed by atoms with van der Waals surface area (Å²) in [4.78, 5) is 2.60. The van der Waals surface area contributed by atoms with E-state index in [1.807, 2.05) is 6.20 Å². The van der Waals surface area contributed by atoms with Crippen LogP contribution in [-0.2, 0) is 6.54 Å². The number of hydrogen-bond donors (Lipinski definition) is 1. The van der Waals surface area contributed by atoms with E-state index in [0.29, 0.717) is 12.0 Å². The first-order chi connectivity index (χ1) is 8.81. The average Bonchev–Trinajstić information content (AvgIpc) is 2.86. The Kier molecular flexibility index (Phi) is 4.78. The summed E-state index contributed by atoms with van der Waals surface area (Å²) in [7, 11) is 0. The summed E-state index contributed by atoms with van der Waals surface area (Å²) in [5.41, 5.74) is 7.34. The minimum atomic E-state index is 0.464. The van der Waals surface area contributed by atoms with E-state index in [1.54, 1.807) is 0 Å². The molecule has 1 aromatic heterocycles. The molecule has 2 heterocycles. The van der Waals surface area contributed by atoms with Crippen molar-refractivity contribution < 1.29 is 0 Å². The van der Waals surface area contributed by atoms with Gasteiger partial charge < -0.3 is 5.73 Å². The Hall–Kier alpha value is -0.870. The van der Waals surface area contributed by atoms with Crippen molar-refractivity contribution in [2.45, 2.75) is 45.7 Å². The molecular formula is C14H26N4. The van der Waals surface area contributed by atoms with Gasteiger partial charge in [-0.15, -0.1) is 0 Å². The smallest absolute Gasteiger partial charge is 0.0559 e. The molecule has 2 N–H and O–H groups in total. The SMILES string of the molecule is CCCN1CCCC(CN)C1c1ccnn1CC. The molecule has 0 aliphatic carbocycles. The van der Waals surface area contributed by atoms with Gasteiger partial charge in [0.15, 0.2) is 0 Å². The molecule has 4 heteroatoms. The van der Waals surface area contributed by atoms with Crippen LogP contribution in [0.2, 0.25) is 0 Å². The Balaban J connectivity index is 2.27. The van der Waals surface area contributed by atoms with Crippen LogP contribution in [0.1, 0.15) is 44.8 Å². The van der Waals surface area contributed by atoms with Gasteiger partial charge in [-0.25, -0.2) is 0 Å². The number of piperidine rings is 1. The summed E-state index contributed by atoms with van der Waals surface area (Å²) < 4.78 is 2.13. The molecule has 2 atom stereocenters. The Morgan fingerprint density at radius 1 is 1.44 bits per heavy atom. The number of aromatic nitrogens is 2. The van der Waals surface area contributed by atoms with Gasteiger partial charge in [-0.3, -0.25) is 9.58 Å². The summed E-state index contributed by atoms with van der Waals surface area (Å²) in [6.45, 7) is 8.48. The van der Waals surface area contributed by atoms with E-state index in [1.165, 1.54) is 31.5 Å². The zero-order valence-corrected chi connectivity index (χ0v) is 11.7. The molecule has 4 nitrogen and oxygen atoms in total. The lowest BCUT2D eigenvalue weighted by molar-refractivity contribution is 0.0894. The summed E-state index contributed by atoms with van der Waals surface area (Å²) in [5, 5.41) is 4.42. The largest absolute Gasteiger partial charge is 0.330 e. The standard InChI is InChI=1S/C14H26N4/c1-3-9-17-10-5-6-12(11-15)14(17)13-7-8-16-18(13)4-2/h7-8,12,14H,3-6,9-11,15H2,1-2H3. The molecule has 0 radical (unpaired) electrons. The number of nitrogens with two attached hydrogens (primary N) is 1. The summed E-state index contributed by atoms with van der Waals surface area (Å²) in [6, 6.07) is 2.64. The predicted molar refractivity (Wildman–Crippen MR) is 74.3 cm³/mol. The number of rotatable bonds is 5. The third-order valence-corrected chi connectivity index (χ3v) is 4.03. The maximum absolute atomic E-state index is 5.99. The van der Waals surface area contributed by atoms with Crippen LogP contribution in [0, 0.1) is 5.92 Å². The fourth-order valence-corrected chi connectivity index (χ4v) is 3.22. The van der Waals surface area contributed by atoms with Crippen molar-refractivity contribution in [1.82, 2.24) is 14.7 Å². The average molecular weight is 250 g/mol. The predicted octanol–water partition coefficient (Wildman–Crippen LogP) is 2.02. The van der Waals surface area contributed by atoms with Crippen molar-refractivity contribution >= 4 is 0 Å². The van der Waals surface area contributed by atoms with Gasteiger partial charge in [-0.2, -0.15) is 5.10 Å². The summed E-state index contributed by atoms with van der Waals surface area (Å²) >= 11 is 0. The molecule has 2 rings (SSSR count). The molecule has 1 saturated heterocycles. The van der Waals surface area contributed by atoms with Crippen molar-refractivity contribution in [2.75, 3.05) is 19.6 Å². The maximum Gasteiger partial charge on any atom is 0.0559 e. The molecular weight excluding hydrogens is 224 g/mol. The van der Waals surface area contributed by atoms with Gasteiger partial charge in [0.25, 0.3) is 0 Å². The lowest BCUT2D eigenvalue weighted by Crippen LogP contribution is -2.42. The van der Waals surface area contributed by atoms with Crippen LogP contribution >= 0.6 is 0 Å². The lowest BCUT2D eigenvalue weighted by Gasteiger charge is -2.41. The molecule has 1 aliphatic heterocycles. The molecule has 102 valence electrons. The second-order valence-corrected chi connectivity index (χ2v) is 5.19. The monoisotopic (exact) mass is 250 g/mol. The van der Waals surface area contributed by atoms with Gasteiger partial charge in [0.1, 0.15) is 0 Å². The highest BCUT2D eigenvalue weighted by Crippen LogP contribution is 2.35. The third kappa shape index (κ3) is 2.59. The molecule has 1 aliphatic rings. The summed E-state index contributed by atoms with van der Waals surface area (Å²) in [6.07, 6.45) is 5.65. The Morgan fingerprint density at radius 3 is 2.94 bits per heavy atom. The van der Waals surface area contributed by atoms with E-state index in [4.69, 9.17) is 5.73 Å². The number of nitrogens with zero attached hydrogens (tertiary/aromatic N) is 3. The van der Waals surface area contributed by atoms with Crippen molar-refractivity contribution in [1.29, 1.82) is 0 Å². The van der Waals surface area contributed by atoms with Crippen molar-refractivity contribution in [3.63, 3.8) is 0 Å². The molecule has 0 aromatic carbocycles. The van der Waals surface area contributed by atoms with Crippen molar-refractivity contribution in [3.8, 4) is 0 Å². The van der Waals surface area contributed by atoms with E-state index in [9.17, 15) is 0 Å². The second-order valence-electron chi connectivity index (χ2n) is 5.19. The zero-order valence-electron chi connectivity index (χ0n) is 11.7. The van der Waals surface area contributed by atoms with Gasteiger partial charge in [0, 0.05) is 12.7 Å². The molecule has 18 heavy (non-hydrogen) atoms. The van der Waals surface area contributed by atoms with Crippen LogP contribution < -0.4 is 5.73 Å². The highest BCUT2D eigenvalue weighted by Gasteiger charge is 2.33. The number of aryl methyl sites for hydroxylation is 1. The first-order valence-electron chi connectivity index (χ1n) is 7.27. The first-order valence-corrected chi connectivity index (χ1v) is 7.27. The Bertz CT molecular complexity index is 358. The Labute approximate surface area is 110 Å². The Morgan fingerprint density at radius 2 is 2.28 bits per heavy atom. The lowest BCUT2D eigenvalue weighted by atomic mass is 9.87. The van der Waals surface area contributed by atoms with Gasteiger partial charge in [0.05, 0.1) is 11.7 Å². The van der Waals surface area contributed by atoms with Gasteiger partial charge in [0.2, 0.25) is 0 Å². The van der Waals surface area contributed by atoms with Crippen molar-refractivity contribution in [2.24, 2.45) is 11.7 Å². The van der Waals surface area contributed by atoms with E-state index >= 15 is 0 Å². The van der Waals surface area contributed by atoms with Crippen LogP contribution in [0.3, 0.4) is 0 Å². The molecule has 0 amide bonds. The number of hydrogen-bond acceptors (Lipinski definition) is 3. The highest BCUT2D eigenvalue weighted by atomic mass is 15.3. The van der Waals surface area contributed by atoms with Gasteiger partial charge in [-0.05, 0) is 57.8 Å². The van der Waals surface area contributed by atoms with Crippen molar-refractivity contribution in [3.05, 3.63) is 18.0 Å². The van der Waals surface area contributed by atoms with Crippen LogP contribution in [0.4, 0.5) is 0 Å². The molecule has 2 unspecified atom stereocenters. The fraction of sp³-hybridized carbons (Fsp3) is 0.786. The first kappa shape index (κ1) is 13.6. The van der Waals surface area contributed by atoms with E-state index in [-0.39, 0.29) is 0 Å². The highest BCUT2D eigenvalue weighted by molar-refractivity contribution is 5.10. The quantitative estimate of drug-likeness (QED) is 0.869. The van der Waals surface area contributed by atoms with E-state index in [0.717, 1.165) is 19.6 Å². The van der Waals surface area contributed by atoms with E-state index < -0.39 is 0 Å². The van der Waals surface area contributed by atoms with Crippen LogP contribution in [-0.4, -0.2) is 34.3 Å². The topological polar surface area (TPSA) is 47.1 Å². The fourth-order valence-electron chi connectivity index (χ4n) is 3.22. The molecule has 0 spiro atoms. The molecule has 0 bridgehead atoms. The molecule has 0 saturated carbocycles. The van der Waals surface area contributed by atoms with Crippen LogP contribution in [0.25, 0.3) is 0 Å². The van der Waals surface area contributed by atoms with Crippen LogP contribution in [0.15, 0.2) is 12.3 Å². The number of likely N-dealkylation sites (tertiary alicyclic amines) is 1.